The number of alkyl carbamates (subject to hydrolysis) is 1. The number of amides is 1. The van der Waals surface area contributed by atoms with E-state index in [1.165, 1.54) is 0 Å². The summed E-state index contributed by atoms with van der Waals surface area (Å²) in [6.45, 7) is 13.9. The largest absolute Gasteiger partial charge is 0.445 e. The molecule has 0 spiro atoms. The number of hydrogen-bond donors (Lipinski definition) is 2. The number of ether oxygens (including phenoxy) is 14. The first-order valence-electron chi connectivity index (χ1n) is 18.5. The maximum Gasteiger partial charge on any atom is 0.407 e. The third kappa shape index (κ3) is 39.4. The topological polar surface area (TPSA) is 184 Å². The molecule has 1 rings (SSSR count). The van der Waals surface area contributed by atoms with Gasteiger partial charge in [-0.05, 0) is 5.56 Å². The monoisotopic (exact) mass is 766 g/mol. The highest BCUT2D eigenvalue weighted by atomic mass is 16.6. The zero-order chi connectivity index (χ0) is 37.8. The number of nitrogens with two attached hydrogens (primary N) is 1. The van der Waals surface area contributed by atoms with Gasteiger partial charge in [0.25, 0.3) is 0 Å². The van der Waals surface area contributed by atoms with E-state index in [0.29, 0.717) is 185 Å². The van der Waals surface area contributed by atoms with Gasteiger partial charge < -0.3 is 77.4 Å². The van der Waals surface area contributed by atoms with Gasteiger partial charge in [-0.1, -0.05) is 30.3 Å². The van der Waals surface area contributed by atoms with Crippen LogP contribution in [0.15, 0.2) is 30.3 Å². The van der Waals surface area contributed by atoms with E-state index in [1.54, 1.807) is 0 Å². The highest BCUT2D eigenvalue weighted by molar-refractivity contribution is 5.67. The van der Waals surface area contributed by atoms with Crippen LogP contribution >= 0.6 is 0 Å². The van der Waals surface area contributed by atoms with Crippen LogP contribution in [-0.2, 0) is 72.9 Å². The van der Waals surface area contributed by atoms with Crippen LogP contribution < -0.4 is 11.1 Å². The third-order valence-electron chi connectivity index (χ3n) is 6.45. The minimum atomic E-state index is -0.471. The summed E-state index contributed by atoms with van der Waals surface area (Å²) in [6, 6.07) is 9.50. The second-order valence-corrected chi connectivity index (χ2v) is 10.7. The minimum Gasteiger partial charge on any atom is -0.445 e. The summed E-state index contributed by atoms with van der Waals surface area (Å²) in [5.41, 5.74) is 6.27. The van der Waals surface area contributed by atoms with Gasteiger partial charge in [0.1, 0.15) is 6.61 Å². The molecule has 1 amide bonds. The van der Waals surface area contributed by atoms with Gasteiger partial charge in [-0.25, -0.2) is 4.79 Å². The molecule has 17 nitrogen and oxygen atoms in total. The summed E-state index contributed by atoms with van der Waals surface area (Å²) in [4.78, 5) is 11.7. The molecule has 0 bridgehead atoms. The Bertz CT molecular complexity index is 863. The van der Waals surface area contributed by atoms with Crippen molar-refractivity contribution in [3.05, 3.63) is 35.9 Å². The lowest BCUT2D eigenvalue weighted by Gasteiger charge is -2.09. The Morgan fingerprint density at radius 3 is 0.943 bits per heavy atom. The van der Waals surface area contributed by atoms with Gasteiger partial charge in [-0.3, -0.25) is 0 Å². The molecule has 0 atom stereocenters. The molecular weight excluding hydrogens is 700 g/mol. The van der Waals surface area contributed by atoms with Crippen LogP contribution in [0.3, 0.4) is 0 Å². The Kier molecular flexibility index (Phi) is 39.4. The van der Waals surface area contributed by atoms with E-state index in [2.05, 4.69) is 5.32 Å². The van der Waals surface area contributed by atoms with Crippen molar-refractivity contribution in [2.24, 2.45) is 5.73 Å². The van der Waals surface area contributed by atoms with Gasteiger partial charge in [0.15, 0.2) is 0 Å². The molecule has 0 aliphatic carbocycles. The Morgan fingerprint density at radius 2 is 0.660 bits per heavy atom. The van der Waals surface area contributed by atoms with Gasteiger partial charge in [0.05, 0.1) is 172 Å². The molecule has 1 aromatic carbocycles. The van der Waals surface area contributed by atoms with E-state index in [4.69, 9.17) is 72.0 Å². The van der Waals surface area contributed by atoms with Crippen molar-refractivity contribution in [1.29, 1.82) is 0 Å². The lowest BCUT2D eigenvalue weighted by molar-refractivity contribution is -0.0289. The van der Waals surface area contributed by atoms with Crippen molar-refractivity contribution in [1.82, 2.24) is 5.32 Å². The summed E-state index contributed by atoms with van der Waals surface area (Å²) in [5, 5.41) is 2.64. The molecule has 0 aliphatic rings. The molecule has 0 aliphatic heterocycles. The lowest BCUT2D eigenvalue weighted by atomic mass is 10.2. The number of benzene rings is 1. The van der Waals surface area contributed by atoms with Crippen molar-refractivity contribution in [3.8, 4) is 0 Å². The van der Waals surface area contributed by atoms with E-state index in [0.717, 1.165) is 5.56 Å². The quantitative estimate of drug-likeness (QED) is 0.0900. The van der Waals surface area contributed by atoms with Gasteiger partial charge in [0, 0.05) is 13.1 Å². The van der Waals surface area contributed by atoms with Gasteiger partial charge in [-0.15, -0.1) is 0 Å². The molecule has 0 heterocycles. The number of hydrogen-bond acceptors (Lipinski definition) is 16. The molecule has 0 saturated heterocycles. The van der Waals surface area contributed by atoms with Crippen LogP contribution in [0.4, 0.5) is 4.79 Å². The maximum absolute atomic E-state index is 11.7. The number of carbonyl (C=O) groups is 1. The van der Waals surface area contributed by atoms with Gasteiger partial charge in [0.2, 0.25) is 0 Å². The summed E-state index contributed by atoms with van der Waals surface area (Å²) >= 11 is 0. The smallest absolute Gasteiger partial charge is 0.407 e. The molecule has 17 heteroatoms. The molecule has 53 heavy (non-hydrogen) atoms. The standard InChI is InChI=1S/C36H66N2O15/c37-6-8-40-10-12-42-14-16-44-18-20-46-22-24-48-26-28-50-30-32-52-33-31-51-29-27-49-25-23-47-21-19-45-17-15-43-13-11-41-9-7-38-36(39)53-34-35-4-2-1-3-5-35/h1-5H,6-34,37H2,(H,38,39). The first-order chi connectivity index (χ1) is 26.3. The van der Waals surface area contributed by atoms with E-state index in [9.17, 15) is 4.79 Å². The Morgan fingerprint density at radius 1 is 0.396 bits per heavy atom. The number of nitrogens with one attached hydrogen (secondary N) is 1. The lowest BCUT2D eigenvalue weighted by Crippen LogP contribution is -2.28. The van der Waals surface area contributed by atoms with Crippen LogP contribution in [0.25, 0.3) is 0 Å². The van der Waals surface area contributed by atoms with Gasteiger partial charge in [-0.2, -0.15) is 0 Å². The van der Waals surface area contributed by atoms with Crippen LogP contribution in [0.1, 0.15) is 5.56 Å². The fourth-order valence-electron chi connectivity index (χ4n) is 3.82. The van der Waals surface area contributed by atoms with Crippen LogP contribution in [0, 0.1) is 0 Å². The molecule has 0 saturated carbocycles. The third-order valence-corrected chi connectivity index (χ3v) is 6.45. The van der Waals surface area contributed by atoms with Gasteiger partial charge >= 0.3 is 6.09 Å². The van der Waals surface area contributed by atoms with Crippen molar-refractivity contribution in [3.63, 3.8) is 0 Å². The molecule has 3 N–H and O–H groups in total. The van der Waals surface area contributed by atoms with Crippen LogP contribution in [0.5, 0.6) is 0 Å². The van der Waals surface area contributed by atoms with Crippen molar-refractivity contribution >= 4 is 6.09 Å². The van der Waals surface area contributed by atoms with Crippen molar-refractivity contribution in [2.45, 2.75) is 6.61 Å². The first kappa shape index (κ1) is 48.9. The molecule has 1 aromatic rings. The van der Waals surface area contributed by atoms with Crippen LogP contribution in [-0.4, -0.2) is 191 Å². The van der Waals surface area contributed by atoms with E-state index < -0.39 is 6.09 Å². The SMILES string of the molecule is NCCOCCOCCOCCOCCOCCOCCOCCOCCOCCOCCOCCOCCOCCNC(=O)OCc1ccccc1. The highest BCUT2D eigenvalue weighted by Gasteiger charge is 2.02. The summed E-state index contributed by atoms with van der Waals surface area (Å²) < 4.78 is 75.8. The summed E-state index contributed by atoms with van der Waals surface area (Å²) in [6.07, 6.45) is -0.471. The highest BCUT2D eigenvalue weighted by Crippen LogP contribution is 2.00. The first-order valence-corrected chi connectivity index (χ1v) is 18.5. The maximum atomic E-state index is 11.7. The Hall–Kier alpha value is -2.07. The predicted octanol–water partition coefficient (Wildman–Crippen LogP) is 1.09. The zero-order valence-corrected chi connectivity index (χ0v) is 31.6. The van der Waals surface area contributed by atoms with Crippen molar-refractivity contribution < 1.29 is 71.1 Å². The average molecular weight is 767 g/mol. The second-order valence-electron chi connectivity index (χ2n) is 10.7. The molecule has 0 aromatic heterocycles. The summed E-state index contributed by atoms with van der Waals surface area (Å²) in [5.74, 6) is 0. The Balaban J connectivity index is 1.62. The van der Waals surface area contributed by atoms with E-state index in [1.807, 2.05) is 30.3 Å². The van der Waals surface area contributed by atoms with E-state index >= 15 is 0 Å². The minimum absolute atomic E-state index is 0.235. The fraction of sp³-hybridized carbons (Fsp3) is 0.806. The van der Waals surface area contributed by atoms with Crippen LogP contribution in [0.2, 0.25) is 0 Å². The zero-order valence-electron chi connectivity index (χ0n) is 31.6. The van der Waals surface area contributed by atoms with E-state index in [-0.39, 0.29) is 6.61 Å². The molecule has 0 fully saturated rings. The fourth-order valence-corrected chi connectivity index (χ4v) is 3.82. The number of rotatable bonds is 43. The second kappa shape index (κ2) is 42.7. The van der Waals surface area contributed by atoms with Crippen molar-refractivity contribution in [2.75, 3.05) is 185 Å². The predicted molar refractivity (Wildman–Crippen MR) is 194 cm³/mol. The molecule has 310 valence electrons. The summed E-state index contributed by atoms with van der Waals surface area (Å²) in [7, 11) is 0. The molecule has 0 radical (unpaired) electrons. The Labute approximate surface area is 315 Å². The average Bonchev–Trinajstić information content (AvgIpc) is 3.18. The normalized spacial score (nSPS) is 11.3. The molecular formula is C36H66N2O15. The number of carbonyl (C=O) groups excluding carboxylic acids is 1. The molecule has 0 unspecified atom stereocenters.